The summed E-state index contributed by atoms with van der Waals surface area (Å²) < 4.78 is 5.24. The maximum atomic E-state index is 5.37. The van der Waals surface area contributed by atoms with Gasteiger partial charge in [0.15, 0.2) is 0 Å². The summed E-state index contributed by atoms with van der Waals surface area (Å²) in [7, 11) is 0. The van der Waals surface area contributed by atoms with Crippen LogP contribution in [0.3, 0.4) is 0 Å². The third-order valence-electron chi connectivity index (χ3n) is 2.96. The van der Waals surface area contributed by atoms with Crippen LogP contribution in [-0.4, -0.2) is 25.9 Å². The van der Waals surface area contributed by atoms with Gasteiger partial charge in [0.1, 0.15) is 6.10 Å². The van der Waals surface area contributed by atoms with Gasteiger partial charge in [-0.1, -0.05) is 20.8 Å². The molecule has 1 unspecified atom stereocenters. The van der Waals surface area contributed by atoms with Crippen molar-refractivity contribution in [3.05, 3.63) is 0 Å². The van der Waals surface area contributed by atoms with Crippen LogP contribution in [0.1, 0.15) is 34.1 Å². The smallest absolute Gasteiger partial charge is 0.100 e. The van der Waals surface area contributed by atoms with Crippen LogP contribution in [0.15, 0.2) is 0 Å². The predicted molar refractivity (Wildman–Crippen MR) is 54.9 cm³/mol. The molecule has 0 aromatic heterocycles. The van der Waals surface area contributed by atoms with Crippen LogP contribution in [0.2, 0.25) is 0 Å². The zero-order chi connectivity index (χ0) is 10.6. The van der Waals surface area contributed by atoms with Gasteiger partial charge in [-0.2, -0.15) is 0 Å². The van der Waals surface area contributed by atoms with E-state index in [-0.39, 0.29) is 11.5 Å². The zero-order valence-corrected chi connectivity index (χ0v) is 9.71. The Morgan fingerprint density at radius 3 is 2.29 bits per heavy atom. The Bertz CT molecular complexity index is 158. The molecule has 0 amide bonds. The quantitative estimate of drug-likeness (QED) is 0.489. The highest BCUT2D eigenvalue weighted by Gasteiger charge is 2.43. The number of hydrogen-bond donors (Lipinski definition) is 0. The van der Waals surface area contributed by atoms with Gasteiger partial charge in [0.05, 0.1) is 19.8 Å². The van der Waals surface area contributed by atoms with Crippen LogP contribution in [-0.2, 0) is 14.5 Å². The summed E-state index contributed by atoms with van der Waals surface area (Å²) in [5, 5.41) is 0. The van der Waals surface area contributed by atoms with E-state index in [0.717, 1.165) is 19.6 Å². The normalized spacial score (nSPS) is 22.1. The van der Waals surface area contributed by atoms with Gasteiger partial charge in [0, 0.05) is 5.41 Å². The van der Waals surface area contributed by atoms with E-state index in [9.17, 15) is 0 Å². The summed E-state index contributed by atoms with van der Waals surface area (Å²) in [5.74, 6) is 0.511. The van der Waals surface area contributed by atoms with Gasteiger partial charge in [0.25, 0.3) is 0 Å². The maximum Gasteiger partial charge on any atom is 0.100 e. The molecule has 0 radical (unpaired) electrons. The first kappa shape index (κ1) is 12.0. The van der Waals surface area contributed by atoms with Crippen molar-refractivity contribution in [1.29, 1.82) is 0 Å². The van der Waals surface area contributed by atoms with Gasteiger partial charge in [-0.25, -0.2) is 9.78 Å². The van der Waals surface area contributed by atoms with E-state index in [1.165, 1.54) is 0 Å². The third-order valence-corrected chi connectivity index (χ3v) is 2.96. The van der Waals surface area contributed by atoms with Crippen molar-refractivity contribution in [2.45, 2.75) is 40.2 Å². The van der Waals surface area contributed by atoms with E-state index < -0.39 is 0 Å². The molecule has 1 atom stereocenters. The van der Waals surface area contributed by atoms with Crippen molar-refractivity contribution in [2.24, 2.45) is 11.3 Å². The fourth-order valence-corrected chi connectivity index (χ4v) is 1.47. The minimum Gasteiger partial charge on any atom is -0.380 e. The Morgan fingerprint density at radius 2 is 1.93 bits per heavy atom. The molecule has 0 saturated carbocycles. The predicted octanol–water partition coefficient (Wildman–Crippen LogP) is 2.41. The van der Waals surface area contributed by atoms with Crippen LogP contribution in [0.25, 0.3) is 0 Å². The number of ether oxygens (including phenoxy) is 1. The fraction of sp³-hybridized carbons (Fsp3) is 1.00. The summed E-state index contributed by atoms with van der Waals surface area (Å²) in [6, 6.07) is 0. The highest BCUT2D eigenvalue weighted by atomic mass is 17.2. The largest absolute Gasteiger partial charge is 0.380 e. The van der Waals surface area contributed by atoms with Crippen molar-refractivity contribution in [3.63, 3.8) is 0 Å². The highest BCUT2D eigenvalue weighted by Crippen LogP contribution is 2.36. The lowest BCUT2D eigenvalue weighted by Crippen LogP contribution is -2.50. The second-order valence-electron chi connectivity index (χ2n) is 4.63. The molecule has 1 aliphatic heterocycles. The lowest BCUT2D eigenvalue weighted by molar-refractivity contribution is -0.363. The molecular weight excluding hydrogens is 180 g/mol. The van der Waals surface area contributed by atoms with Gasteiger partial charge in [-0.15, -0.1) is 0 Å². The molecule has 14 heavy (non-hydrogen) atoms. The summed E-state index contributed by atoms with van der Waals surface area (Å²) in [4.78, 5) is 10.6. The second-order valence-corrected chi connectivity index (χ2v) is 4.63. The SMILES string of the molecule is CCC1(C(C)OOCC(C)C)COC1. The first-order valence-electron chi connectivity index (χ1n) is 5.47. The molecule has 1 rings (SSSR count). The van der Waals surface area contributed by atoms with E-state index in [4.69, 9.17) is 14.5 Å². The fourth-order valence-electron chi connectivity index (χ4n) is 1.47. The third kappa shape index (κ3) is 2.69. The average molecular weight is 202 g/mol. The lowest BCUT2D eigenvalue weighted by Gasteiger charge is -2.44. The highest BCUT2D eigenvalue weighted by molar-refractivity contribution is 4.89. The first-order valence-corrected chi connectivity index (χ1v) is 5.47. The Hall–Kier alpha value is -0.120. The molecule has 3 heteroatoms. The van der Waals surface area contributed by atoms with E-state index in [1.807, 2.05) is 0 Å². The Kier molecular flexibility index (Phi) is 4.35. The molecule has 0 spiro atoms. The van der Waals surface area contributed by atoms with Crippen LogP contribution in [0.4, 0.5) is 0 Å². The molecule has 84 valence electrons. The molecule has 3 nitrogen and oxygen atoms in total. The summed E-state index contributed by atoms with van der Waals surface area (Å²) in [5.41, 5.74) is 0.191. The minimum absolute atomic E-state index is 0.125. The van der Waals surface area contributed by atoms with E-state index in [2.05, 4.69) is 27.7 Å². The van der Waals surface area contributed by atoms with Gasteiger partial charge in [-0.05, 0) is 19.3 Å². The van der Waals surface area contributed by atoms with Crippen LogP contribution < -0.4 is 0 Å². The topological polar surface area (TPSA) is 27.7 Å². The molecule has 1 saturated heterocycles. The summed E-state index contributed by atoms with van der Waals surface area (Å²) >= 11 is 0. The van der Waals surface area contributed by atoms with Crippen molar-refractivity contribution in [2.75, 3.05) is 19.8 Å². The number of hydrogen-bond acceptors (Lipinski definition) is 3. The molecule has 0 N–H and O–H groups in total. The molecule has 1 aliphatic rings. The minimum atomic E-state index is 0.125. The molecule has 0 aromatic carbocycles. The van der Waals surface area contributed by atoms with E-state index in [1.54, 1.807) is 0 Å². The molecule has 0 aromatic rings. The van der Waals surface area contributed by atoms with Gasteiger partial charge in [-0.3, -0.25) is 0 Å². The molecule has 0 bridgehead atoms. The van der Waals surface area contributed by atoms with Crippen LogP contribution >= 0.6 is 0 Å². The lowest BCUT2D eigenvalue weighted by atomic mass is 9.78. The summed E-state index contributed by atoms with van der Waals surface area (Å²) in [6.45, 7) is 10.7. The standard InChI is InChI=1S/C11H22O3/c1-5-11(7-12-8-11)10(4)14-13-6-9(2)3/h9-10H,5-8H2,1-4H3. The molecule has 0 aliphatic carbocycles. The summed E-state index contributed by atoms with van der Waals surface area (Å²) in [6.07, 6.45) is 1.21. The molecule has 1 heterocycles. The van der Waals surface area contributed by atoms with Crippen molar-refractivity contribution in [1.82, 2.24) is 0 Å². The van der Waals surface area contributed by atoms with E-state index >= 15 is 0 Å². The molecular formula is C11H22O3. The van der Waals surface area contributed by atoms with Crippen molar-refractivity contribution >= 4 is 0 Å². The maximum absolute atomic E-state index is 5.37. The Balaban J connectivity index is 2.23. The Labute approximate surface area is 86.7 Å². The first-order chi connectivity index (χ1) is 6.60. The zero-order valence-electron chi connectivity index (χ0n) is 9.71. The second kappa shape index (κ2) is 5.10. The van der Waals surface area contributed by atoms with Gasteiger partial charge >= 0.3 is 0 Å². The van der Waals surface area contributed by atoms with Crippen LogP contribution in [0, 0.1) is 11.3 Å². The van der Waals surface area contributed by atoms with Gasteiger partial charge < -0.3 is 4.74 Å². The van der Waals surface area contributed by atoms with Crippen molar-refractivity contribution < 1.29 is 14.5 Å². The Morgan fingerprint density at radius 1 is 1.29 bits per heavy atom. The van der Waals surface area contributed by atoms with E-state index in [0.29, 0.717) is 12.5 Å². The monoisotopic (exact) mass is 202 g/mol. The van der Waals surface area contributed by atoms with Crippen molar-refractivity contribution in [3.8, 4) is 0 Å². The average Bonchev–Trinajstić information content (AvgIpc) is 2.02. The van der Waals surface area contributed by atoms with Crippen LogP contribution in [0.5, 0.6) is 0 Å². The van der Waals surface area contributed by atoms with Gasteiger partial charge in [0.2, 0.25) is 0 Å². The number of rotatable bonds is 6. The molecule has 1 fully saturated rings.